The lowest BCUT2D eigenvalue weighted by Crippen LogP contribution is -2.41. The Morgan fingerprint density at radius 2 is 2.29 bits per heavy atom. The highest BCUT2D eigenvalue weighted by Gasteiger charge is 2.21. The third-order valence-electron chi connectivity index (χ3n) is 4.19. The van der Waals surface area contributed by atoms with Crippen molar-refractivity contribution in [3.8, 4) is 0 Å². The van der Waals surface area contributed by atoms with Crippen LogP contribution >= 0.6 is 0 Å². The van der Waals surface area contributed by atoms with Gasteiger partial charge in [-0.2, -0.15) is 10.2 Å². The van der Waals surface area contributed by atoms with Crippen LogP contribution in [0.4, 0.5) is 5.82 Å². The SMILES string of the molecule is CCCn1nccc1NC(=O)CNC1CCc2nc(CC)nn2C1. The van der Waals surface area contributed by atoms with Crippen LogP contribution < -0.4 is 10.6 Å². The summed E-state index contributed by atoms with van der Waals surface area (Å²) in [6.45, 7) is 5.99. The molecule has 2 N–H and O–H groups in total. The van der Waals surface area contributed by atoms with E-state index in [-0.39, 0.29) is 18.5 Å². The van der Waals surface area contributed by atoms with E-state index in [1.54, 1.807) is 6.20 Å². The Kier molecular flexibility index (Phi) is 5.24. The van der Waals surface area contributed by atoms with E-state index in [0.717, 1.165) is 56.2 Å². The first kappa shape index (κ1) is 16.6. The molecule has 1 aliphatic rings. The van der Waals surface area contributed by atoms with Gasteiger partial charge in [0, 0.05) is 31.5 Å². The van der Waals surface area contributed by atoms with Crippen LogP contribution in [0.5, 0.6) is 0 Å². The van der Waals surface area contributed by atoms with Crippen molar-refractivity contribution in [2.45, 2.75) is 58.7 Å². The highest BCUT2D eigenvalue weighted by atomic mass is 16.2. The molecule has 0 radical (unpaired) electrons. The topological polar surface area (TPSA) is 89.7 Å². The average molecular weight is 331 g/mol. The Morgan fingerprint density at radius 1 is 1.42 bits per heavy atom. The van der Waals surface area contributed by atoms with Crippen molar-refractivity contribution in [2.75, 3.05) is 11.9 Å². The molecule has 0 saturated heterocycles. The van der Waals surface area contributed by atoms with Crippen molar-refractivity contribution in [3.05, 3.63) is 23.9 Å². The van der Waals surface area contributed by atoms with Crippen molar-refractivity contribution in [2.24, 2.45) is 0 Å². The highest BCUT2D eigenvalue weighted by molar-refractivity contribution is 5.91. The molecule has 0 fully saturated rings. The maximum atomic E-state index is 12.2. The summed E-state index contributed by atoms with van der Waals surface area (Å²) in [5.41, 5.74) is 0. The van der Waals surface area contributed by atoms with Gasteiger partial charge >= 0.3 is 0 Å². The molecule has 0 aliphatic carbocycles. The molecule has 130 valence electrons. The van der Waals surface area contributed by atoms with E-state index in [1.807, 2.05) is 15.4 Å². The van der Waals surface area contributed by atoms with Gasteiger partial charge in [-0.25, -0.2) is 14.3 Å². The van der Waals surface area contributed by atoms with Crippen LogP contribution in [0.15, 0.2) is 12.3 Å². The van der Waals surface area contributed by atoms with Gasteiger partial charge in [0.15, 0.2) is 5.82 Å². The van der Waals surface area contributed by atoms with Crippen LogP contribution in [0, 0.1) is 0 Å². The number of carbonyl (C=O) groups is 1. The summed E-state index contributed by atoms with van der Waals surface area (Å²) >= 11 is 0. The lowest BCUT2D eigenvalue weighted by molar-refractivity contribution is -0.115. The summed E-state index contributed by atoms with van der Waals surface area (Å²) in [5.74, 6) is 2.65. The number of amides is 1. The summed E-state index contributed by atoms with van der Waals surface area (Å²) in [6, 6.07) is 2.07. The molecule has 3 heterocycles. The monoisotopic (exact) mass is 331 g/mol. The molecule has 1 atom stereocenters. The summed E-state index contributed by atoms with van der Waals surface area (Å²) in [4.78, 5) is 16.7. The fraction of sp³-hybridized carbons (Fsp3) is 0.625. The van der Waals surface area contributed by atoms with Crippen molar-refractivity contribution in [1.82, 2.24) is 29.9 Å². The lowest BCUT2D eigenvalue weighted by Gasteiger charge is -2.23. The molecule has 0 spiro atoms. The molecule has 1 unspecified atom stereocenters. The van der Waals surface area contributed by atoms with Crippen molar-refractivity contribution >= 4 is 11.7 Å². The minimum absolute atomic E-state index is 0.0495. The zero-order valence-corrected chi connectivity index (χ0v) is 14.3. The van der Waals surface area contributed by atoms with Crippen LogP contribution in [0.25, 0.3) is 0 Å². The molecule has 0 saturated carbocycles. The van der Waals surface area contributed by atoms with E-state index in [2.05, 4.69) is 39.7 Å². The Balaban J connectivity index is 1.49. The lowest BCUT2D eigenvalue weighted by atomic mass is 10.1. The second-order valence-electron chi connectivity index (χ2n) is 6.08. The zero-order chi connectivity index (χ0) is 16.9. The minimum Gasteiger partial charge on any atom is -0.310 e. The number of hydrogen-bond acceptors (Lipinski definition) is 5. The average Bonchev–Trinajstić information content (AvgIpc) is 3.19. The number of rotatable bonds is 7. The first-order valence-electron chi connectivity index (χ1n) is 8.67. The summed E-state index contributed by atoms with van der Waals surface area (Å²) in [5, 5.41) is 14.9. The molecule has 1 amide bonds. The van der Waals surface area contributed by atoms with Crippen LogP contribution in [-0.2, 0) is 30.7 Å². The van der Waals surface area contributed by atoms with E-state index in [4.69, 9.17) is 0 Å². The fourth-order valence-corrected chi connectivity index (χ4v) is 2.93. The highest BCUT2D eigenvalue weighted by Crippen LogP contribution is 2.13. The second kappa shape index (κ2) is 7.57. The minimum atomic E-state index is -0.0495. The van der Waals surface area contributed by atoms with Crippen molar-refractivity contribution in [3.63, 3.8) is 0 Å². The molecular formula is C16H25N7O. The molecule has 1 aliphatic heterocycles. The van der Waals surface area contributed by atoms with Gasteiger partial charge in [-0.1, -0.05) is 13.8 Å². The maximum Gasteiger partial charge on any atom is 0.239 e. The molecule has 2 aromatic rings. The second-order valence-corrected chi connectivity index (χ2v) is 6.08. The van der Waals surface area contributed by atoms with E-state index >= 15 is 0 Å². The van der Waals surface area contributed by atoms with E-state index in [1.165, 1.54) is 0 Å². The first-order valence-corrected chi connectivity index (χ1v) is 8.67. The third kappa shape index (κ3) is 3.81. The molecular weight excluding hydrogens is 306 g/mol. The molecule has 24 heavy (non-hydrogen) atoms. The Bertz CT molecular complexity index is 690. The number of carbonyl (C=O) groups excluding carboxylic acids is 1. The summed E-state index contributed by atoms with van der Waals surface area (Å²) in [6.07, 6.45) is 5.41. The summed E-state index contributed by atoms with van der Waals surface area (Å²) in [7, 11) is 0. The standard InChI is InChI=1S/C16H25N7O/c1-3-9-22-15(7-8-18-22)20-16(24)10-17-12-5-6-14-19-13(4-2)21-23(14)11-12/h7-8,12,17H,3-6,9-11H2,1-2H3,(H,20,24). The number of nitrogens with zero attached hydrogens (tertiary/aromatic N) is 5. The van der Waals surface area contributed by atoms with Crippen molar-refractivity contribution in [1.29, 1.82) is 0 Å². The number of nitrogens with one attached hydrogen (secondary N) is 2. The first-order chi connectivity index (χ1) is 11.7. The van der Waals surface area contributed by atoms with Gasteiger partial charge in [-0.3, -0.25) is 4.79 Å². The van der Waals surface area contributed by atoms with E-state index < -0.39 is 0 Å². The molecule has 2 aromatic heterocycles. The van der Waals surface area contributed by atoms with Crippen molar-refractivity contribution < 1.29 is 4.79 Å². The molecule has 0 bridgehead atoms. The normalized spacial score (nSPS) is 16.8. The molecule has 3 rings (SSSR count). The predicted octanol–water partition coefficient (Wildman–Crippen LogP) is 0.990. The van der Waals surface area contributed by atoms with Gasteiger partial charge in [0.1, 0.15) is 11.6 Å². The maximum absolute atomic E-state index is 12.2. The summed E-state index contributed by atoms with van der Waals surface area (Å²) < 4.78 is 3.78. The van der Waals surface area contributed by atoms with Gasteiger partial charge in [0.2, 0.25) is 5.91 Å². The molecule has 0 aromatic carbocycles. The number of aromatic nitrogens is 5. The fourth-order valence-electron chi connectivity index (χ4n) is 2.93. The zero-order valence-electron chi connectivity index (χ0n) is 14.3. The molecule has 8 heteroatoms. The van der Waals surface area contributed by atoms with E-state index in [9.17, 15) is 4.79 Å². The third-order valence-corrected chi connectivity index (χ3v) is 4.19. The molecule has 8 nitrogen and oxygen atoms in total. The largest absolute Gasteiger partial charge is 0.310 e. The van der Waals surface area contributed by atoms with Crippen LogP contribution in [0.1, 0.15) is 38.3 Å². The van der Waals surface area contributed by atoms with Gasteiger partial charge in [-0.15, -0.1) is 0 Å². The number of hydrogen-bond donors (Lipinski definition) is 2. The number of fused-ring (bicyclic) bond motifs is 1. The van der Waals surface area contributed by atoms with E-state index in [0.29, 0.717) is 0 Å². The number of anilines is 1. The van der Waals surface area contributed by atoms with Crippen LogP contribution in [0.3, 0.4) is 0 Å². The predicted molar refractivity (Wildman–Crippen MR) is 90.7 cm³/mol. The number of aryl methyl sites for hydroxylation is 3. The van der Waals surface area contributed by atoms with Gasteiger partial charge in [-0.05, 0) is 12.8 Å². The van der Waals surface area contributed by atoms with Gasteiger partial charge < -0.3 is 10.6 Å². The Morgan fingerprint density at radius 3 is 3.08 bits per heavy atom. The quantitative estimate of drug-likeness (QED) is 0.790. The smallest absolute Gasteiger partial charge is 0.239 e. The van der Waals surface area contributed by atoms with Crippen LogP contribution in [-0.4, -0.2) is 43.0 Å². The van der Waals surface area contributed by atoms with Gasteiger partial charge in [0.05, 0.1) is 19.3 Å². The van der Waals surface area contributed by atoms with Crippen LogP contribution in [0.2, 0.25) is 0 Å². The Hall–Kier alpha value is -2.22. The van der Waals surface area contributed by atoms with Gasteiger partial charge in [0.25, 0.3) is 0 Å². The Labute approximate surface area is 141 Å².